The van der Waals surface area contributed by atoms with Crippen molar-refractivity contribution in [3.05, 3.63) is 29.6 Å². The molecule has 5 heteroatoms. The normalized spacial score (nSPS) is 26.5. The molecular formula is C19H27N3O2. The number of carbonyl (C=O) groups is 1. The minimum absolute atomic E-state index is 0.154. The average molecular weight is 329 g/mol. The fraction of sp³-hybridized carbons (Fsp3) is 0.684. The quantitative estimate of drug-likeness (QED) is 0.781. The SMILES string of the molecule is COC[C@H]1CN(C(=O)[C@@H]2CC=CCC2)Cc2cnn(CC3CC3)c21. The molecule has 130 valence electrons. The van der Waals surface area contributed by atoms with Crippen molar-refractivity contribution in [1.82, 2.24) is 14.7 Å². The van der Waals surface area contributed by atoms with Crippen LogP contribution in [0.1, 0.15) is 49.3 Å². The number of ether oxygens (including phenoxy) is 1. The van der Waals surface area contributed by atoms with Gasteiger partial charge < -0.3 is 9.64 Å². The highest BCUT2D eigenvalue weighted by Crippen LogP contribution is 2.35. The number of hydrogen-bond donors (Lipinski definition) is 0. The average Bonchev–Trinajstić information content (AvgIpc) is 3.34. The fourth-order valence-electron chi connectivity index (χ4n) is 4.12. The standard InChI is InChI=1S/C19H27N3O2/c1-24-13-17-12-21(19(23)15-5-3-2-4-6-15)11-16-9-20-22(18(16)17)10-14-7-8-14/h2-3,9,14-15,17H,4-8,10-13H2,1H3/t15-,17-/m1/s1. The van der Waals surface area contributed by atoms with E-state index in [1.54, 1.807) is 7.11 Å². The summed E-state index contributed by atoms with van der Waals surface area (Å²) in [6, 6.07) is 0. The lowest BCUT2D eigenvalue weighted by Gasteiger charge is -2.35. The Balaban J connectivity index is 1.54. The molecule has 1 fully saturated rings. The summed E-state index contributed by atoms with van der Waals surface area (Å²) in [6.07, 6.45) is 11.9. The summed E-state index contributed by atoms with van der Waals surface area (Å²) in [5.41, 5.74) is 2.51. The zero-order chi connectivity index (χ0) is 16.5. The third-order valence-electron chi connectivity index (χ3n) is 5.57. The summed E-state index contributed by atoms with van der Waals surface area (Å²) in [6.45, 7) is 3.14. The van der Waals surface area contributed by atoms with E-state index in [1.807, 2.05) is 11.1 Å². The van der Waals surface area contributed by atoms with Gasteiger partial charge in [-0.1, -0.05) is 12.2 Å². The molecule has 0 saturated heterocycles. The molecule has 0 unspecified atom stereocenters. The molecule has 1 amide bonds. The minimum Gasteiger partial charge on any atom is -0.384 e. The van der Waals surface area contributed by atoms with Crippen LogP contribution in [0.4, 0.5) is 0 Å². The largest absolute Gasteiger partial charge is 0.384 e. The maximum absolute atomic E-state index is 12.9. The molecular weight excluding hydrogens is 302 g/mol. The van der Waals surface area contributed by atoms with E-state index in [0.29, 0.717) is 19.1 Å². The van der Waals surface area contributed by atoms with E-state index < -0.39 is 0 Å². The fourth-order valence-corrected chi connectivity index (χ4v) is 4.12. The third-order valence-corrected chi connectivity index (χ3v) is 5.57. The van der Waals surface area contributed by atoms with Gasteiger partial charge in [0.1, 0.15) is 0 Å². The van der Waals surface area contributed by atoms with Crippen molar-refractivity contribution in [2.45, 2.75) is 51.1 Å². The number of rotatable bonds is 5. The van der Waals surface area contributed by atoms with Gasteiger partial charge in [0, 0.05) is 44.1 Å². The van der Waals surface area contributed by atoms with Crippen molar-refractivity contribution >= 4 is 5.91 Å². The number of aromatic nitrogens is 2. The van der Waals surface area contributed by atoms with Crippen LogP contribution in [0.3, 0.4) is 0 Å². The van der Waals surface area contributed by atoms with Gasteiger partial charge in [-0.3, -0.25) is 9.48 Å². The van der Waals surface area contributed by atoms with Crippen LogP contribution < -0.4 is 0 Å². The lowest BCUT2D eigenvalue weighted by Crippen LogP contribution is -2.43. The van der Waals surface area contributed by atoms with Crippen LogP contribution in [-0.2, 0) is 22.6 Å². The topological polar surface area (TPSA) is 47.4 Å². The van der Waals surface area contributed by atoms with Crippen LogP contribution in [0.25, 0.3) is 0 Å². The lowest BCUT2D eigenvalue weighted by atomic mass is 9.90. The smallest absolute Gasteiger partial charge is 0.226 e. The third kappa shape index (κ3) is 3.14. The molecule has 2 heterocycles. The van der Waals surface area contributed by atoms with Crippen molar-refractivity contribution in [2.24, 2.45) is 11.8 Å². The Morgan fingerprint density at radius 2 is 2.21 bits per heavy atom. The Hall–Kier alpha value is -1.62. The predicted octanol–water partition coefficient (Wildman–Crippen LogP) is 2.72. The molecule has 0 N–H and O–H groups in total. The van der Waals surface area contributed by atoms with Crippen molar-refractivity contribution in [2.75, 3.05) is 20.3 Å². The van der Waals surface area contributed by atoms with Crippen molar-refractivity contribution in [1.29, 1.82) is 0 Å². The Morgan fingerprint density at radius 3 is 2.92 bits per heavy atom. The first kappa shape index (κ1) is 15.9. The molecule has 2 aliphatic carbocycles. The number of amides is 1. The maximum Gasteiger partial charge on any atom is 0.226 e. The zero-order valence-corrected chi connectivity index (χ0v) is 14.5. The first-order chi connectivity index (χ1) is 11.8. The molecule has 1 aromatic rings. The second-order valence-electron chi connectivity index (χ2n) is 7.53. The molecule has 1 aliphatic heterocycles. The molecule has 0 bridgehead atoms. The second kappa shape index (κ2) is 6.71. The Kier molecular flexibility index (Phi) is 4.44. The number of carbonyl (C=O) groups excluding carboxylic acids is 1. The van der Waals surface area contributed by atoms with Crippen LogP contribution >= 0.6 is 0 Å². The number of allylic oxidation sites excluding steroid dienone is 2. The highest BCUT2D eigenvalue weighted by atomic mass is 16.5. The summed E-state index contributed by atoms with van der Waals surface area (Å²) in [5, 5.41) is 4.63. The molecule has 1 aromatic heterocycles. The van der Waals surface area contributed by atoms with Gasteiger partial charge in [-0.05, 0) is 38.0 Å². The van der Waals surface area contributed by atoms with Crippen LogP contribution in [0, 0.1) is 11.8 Å². The van der Waals surface area contributed by atoms with Gasteiger partial charge in [0.05, 0.1) is 18.5 Å². The molecule has 0 aromatic carbocycles. The summed E-state index contributed by atoms with van der Waals surface area (Å²) in [7, 11) is 1.74. The zero-order valence-electron chi connectivity index (χ0n) is 14.5. The summed E-state index contributed by atoms with van der Waals surface area (Å²) < 4.78 is 7.65. The van der Waals surface area contributed by atoms with Crippen LogP contribution in [0.5, 0.6) is 0 Å². The van der Waals surface area contributed by atoms with Crippen molar-refractivity contribution in [3.63, 3.8) is 0 Å². The minimum atomic E-state index is 0.154. The molecule has 24 heavy (non-hydrogen) atoms. The van der Waals surface area contributed by atoms with Crippen LogP contribution in [0.2, 0.25) is 0 Å². The summed E-state index contributed by atoms with van der Waals surface area (Å²) in [5.74, 6) is 1.50. The summed E-state index contributed by atoms with van der Waals surface area (Å²) >= 11 is 0. The maximum atomic E-state index is 12.9. The van der Waals surface area contributed by atoms with Gasteiger partial charge in [0.15, 0.2) is 0 Å². The van der Waals surface area contributed by atoms with E-state index >= 15 is 0 Å². The number of methoxy groups -OCH3 is 1. The molecule has 2 atom stereocenters. The van der Waals surface area contributed by atoms with E-state index in [2.05, 4.69) is 21.9 Å². The molecule has 0 radical (unpaired) electrons. The highest BCUT2D eigenvalue weighted by molar-refractivity contribution is 5.79. The van der Waals surface area contributed by atoms with Gasteiger partial charge in [-0.2, -0.15) is 5.10 Å². The molecule has 1 saturated carbocycles. The van der Waals surface area contributed by atoms with Gasteiger partial charge in [-0.25, -0.2) is 0 Å². The second-order valence-corrected chi connectivity index (χ2v) is 7.53. The number of nitrogens with zero attached hydrogens (tertiary/aromatic N) is 3. The van der Waals surface area contributed by atoms with E-state index in [9.17, 15) is 4.79 Å². The lowest BCUT2D eigenvalue weighted by molar-refractivity contribution is -0.137. The number of hydrogen-bond acceptors (Lipinski definition) is 3. The Bertz CT molecular complexity index is 633. The molecule has 5 nitrogen and oxygen atoms in total. The first-order valence-corrected chi connectivity index (χ1v) is 9.23. The molecule has 3 aliphatic rings. The van der Waals surface area contributed by atoms with Crippen LogP contribution in [0.15, 0.2) is 18.3 Å². The van der Waals surface area contributed by atoms with Crippen molar-refractivity contribution < 1.29 is 9.53 Å². The van der Waals surface area contributed by atoms with Crippen molar-refractivity contribution in [3.8, 4) is 0 Å². The highest BCUT2D eigenvalue weighted by Gasteiger charge is 2.35. The van der Waals surface area contributed by atoms with Gasteiger partial charge in [0.25, 0.3) is 0 Å². The first-order valence-electron chi connectivity index (χ1n) is 9.23. The molecule has 0 spiro atoms. The van der Waals surface area contributed by atoms with Gasteiger partial charge in [0.2, 0.25) is 5.91 Å². The molecule has 4 rings (SSSR count). The van der Waals surface area contributed by atoms with Gasteiger partial charge in [-0.15, -0.1) is 0 Å². The predicted molar refractivity (Wildman–Crippen MR) is 91.5 cm³/mol. The monoisotopic (exact) mass is 329 g/mol. The van der Waals surface area contributed by atoms with Gasteiger partial charge >= 0.3 is 0 Å². The van der Waals surface area contributed by atoms with Crippen LogP contribution in [-0.4, -0.2) is 40.8 Å². The summed E-state index contributed by atoms with van der Waals surface area (Å²) in [4.78, 5) is 15.0. The number of fused-ring (bicyclic) bond motifs is 1. The van der Waals surface area contributed by atoms with E-state index in [1.165, 1.54) is 24.1 Å². The van der Waals surface area contributed by atoms with E-state index in [4.69, 9.17) is 4.74 Å². The Morgan fingerprint density at radius 1 is 1.33 bits per heavy atom. The van der Waals surface area contributed by atoms with E-state index in [0.717, 1.165) is 38.3 Å². The Labute approximate surface area is 143 Å². The van der Waals surface area contributed by atoms with E-state index in [-0.39, 0.29) is 11.8 Å².